The summed E-state index contributed by atoms with van der Waals surface area (Å²) in [4.78, 5) is 15.2. The van der Waals surface area contributed by atoms with Gasteiger partial charge in [0.05, 0.1) is 28.7 Å². The van der Waals surface area contributed by atoms with Gasteiger partial charge in [0, 0.05) is 39.3 Å². The lowest BCUT2D eigenvalue weighted by atomic mass is 10.1. The van der Waals surface area contributed by atoms with E-state index in [1.165, 1.54) is 28.1 Å². The molecule has 1 N–H and O–H groups in total. The molecular weight excluding hydrogens is 450 g/mol. The van der Waals surface area contributed by atoms with Crippen LogP contribution in [0.25, 0.3) is 0 Å². The van der Waals surface area contributed by atoms with Gasteiger partial charge in [-0.05, 0) is 42.2 Å². The lowest BCUT2D eigenvalue weighted by Crippen LogP contribution is -2.35. The van der Waals surface area contributed by atoms with Crippen LogP contribution in [0.15, 0.2) is 47.4 Å². The molecule has 32 heavy (non-hydrogen) atoms. The number of amides is 1. The molecule has 2 saturated heterocycles. The first kappa shape index (κ1) is 23.2. The fraction of sp³-hybridized carbons (Fsp3) is 0.435. The summed E-state index contributed by atoms with van der Waals surface area (Å²) in [5.41, 5.74) is 2.33. The molecule has 2 fully saturated rings. The Morgan fingerprint density at radius 1 is 0.969 bits per heavy atom. The lowest BCUT2D eigenvalue weighted by molar-refractivity contribution is 0.0342. The van der Waals surface area contributed by atoms with Gasteiger partial charge in [-0.15, -0.1) is 0 Å². The van der Waals surface area contributed by atoms with E-state index in [0.29, 0.717) is 19.6 Å². The first-order chi connectivity index (χ1) is 15.4. The maximum Gasteiger partial charge on any atom is 0.253 e. The standard InChI is InChI=1S/C23H28ClN3O4S/c24-22-8-7-20(32(29,30)27-9-1-2-10-27)15-21(22)23(28)25-16-18-3-5-19(6-4-18)17-26-11-13-31-14-12-26/h3-8,15H,1-2,9-14,16-17H2,(H,25,28). The fourth-order valence-electron chi connectivity index (χ4n) is 3.97. The Balaban J connectivity index is 1.38. The van der Waals surface area contributed by atoms with Crippen LogP contribution < -0.4 is 5.32 Å². The number of sulfonamides is 1. The monoisotopic (exact) mass is 477 g/mol. The summed E-state index contributed by atoms with van der Waals surface area (Å²) in [7, 11) is -3.61. The molecule has 7 nitrogen and oxygen atoms in total. The van der Waals surface area contributed by atoms with Gasteiger partial charge in [-0.25, -0.2) is 8.42 Å². The summed E-state index contributed by atoms with van der Waals surface area (Å²) < 4.78 is 32.5. The summed E-state index contributed by atoms with van der Waals surface area (Å²) in [6.07, 6.45) is 1.71. The van der Waals surface area contributed by atoms with Gasteiger partial charge in [0.1, 0.15) is 0 Å². The summed E-state index contributed by atoms with van der Waals surface area (Å²) in [6, 6.07) is 12.4. The number of carbonyl (C=O) groups excluding carboxylic acids is 1. The van der Waals surface area contributed by atoms with Crippen LogP contribution in [-0.4, -0.2) is 62.9 Å². The lowest BCUT2D eigenvalue weighted by Gasteiger charge is -2.26. The molecule has 2 heterocycles. The Morgan fingerprint density at radius 3 is 2.31 bits per heavy atom. The first-order valence-corrected chi connectivity index (χ1v) is 12.7. The van der Waals surface area contributed by atoms with Gasteiger partial charge in [-0.2, -0.15) is 4.31 Å². The molecule has 0 saturated carbocycles. The highest BCUT2D eigenvalue weighted by Gasteiger charge is 2.28. The number of halogens is 1. The second kappa shape index (κ2) is 10.3. The van der Waals surface area contributed by atoms with E-state index in [0.717, 1.165) is 51.3 Å². The average molecular weight is 478 g/mol. The Kier molecular flexibility index (Phi) is 7.48. The van der Waals surface area contributed by atoms with E-state index in [-0.39, 0.29) is 15.5 Å². The van der Waals surface area contributed by atoms with Crippen molar-refractivity contribution in [3.05, 3.63) is 64.2 Å². The van der Waals surface area contributed by atoms with Gasteiger partial charge in [0.15, 0.2) is 0 Å². The molecule has 0 bridgehead atoms. The fourth-order valence-corrected chi connectivity index (χ4v) is 5.72. The van der Waals surface area contributed by atoms with Crippen LogP contribution >= 0.6 is 11.6 Å². The van der Waals surface area contributed by atoms with E-state index in [2.05, 4.69) is 22.3 Å². The molecule has 9 heteroatoms. The van der Waals surface area contributed by atoms with E-state index >= 15 is 0 Å². The number of ether oxygens (including phenoxy) is 1. The number of rotatable bonds is 7. The summed E-state index contributed by atoms with van der Waals surface area (Å²) >= 11 is 6.21. The number of hydrogen-bond acceptors (Lipinski definition) is 5. The molecule has 0 spiro atoms. The van der Waals surface area contributed by atoms with Crippen molar-refractivity contribution in [2.45, 2.75) is 30.8 Å². The normalized spacial score (nSPS) is 18.0. The Hall–Kier alpha value is -1.97. The van der Waals surface area contributed by atoms with E-state index in [4.69, 9.17) is 16.3 Å². The predicted octanol–water partition coefficient (Wildman–Crippen LogP) is 2.89. The number of morpholine rings is 1. The van der Waals surface area contributed by atoms with E-state index in [1.54, 1.807) is 0 Å². The number of hydrogen-bond donors (Lipinski definition) is 1. The van der Waals surface area contributed by atoms with Gasteiger partial charge >= 0.3 is 0 Å². The molecule has 0 radical (unpaired) electrons. The quantitative estimate of drug-likeness (QED) is 0.663. The predicted molar refractivity (Wildman–Crippen MR) is 123 cm³/mol. The zero-order valence-electron chi connectivity index (χ0n) is 17.9. The van der Waals surface area contributed by atoms with Crippen LogP contribution in [0.5, 0.6) is 0 Å². The van der Waals surface area contributed by atoms with Crippen molar-refractivity contribution in [2.75, 3.05) is 39.4 Å². The summed E-state index contributed by atoms with van der Waals surface area (Å²) in [5.74, 6) is -0.397. The second-order valence-corrected chi connectivity index (χ2v) is 10.5. The maximum absolute atomic E-state index is 12.8. The topological polar surface area (TPSA) is 79.0 Å². The Morgan fingerprint density at radius 2 is 1.62 bits per heavy atom. The van der Waals surface area contributed by atoms with Crippen molar-refractivity contribution < 1.29 is 17.9 Å². The van der Waals surface area contributed by atoms with Gasteiger partial charge in [-0.1, -0.05) is 35.9 Å². The van der Waals surface area contributed by atoms with Crippen LogP contribution in [0.2, 0.25) is 5.02 Å². The minimum Gasteiger partial charge on any atom is -0.379 e. The second-order valence-electron chi connectivity index (χ2n) is 8.14. The molecule has 0 aromatic heterocycles. The molecule has 0 unspecified atom stereocenters. The first-order valence-electron chi connectivity index (χ1n) is 10.9. The van der Waals surface area contributed by atoms with Crippen LogP contribution in [-0.2, 0) is 27.8 Å². The third kappa shape index (κ3) is 5.50. The highest BCUT2D eigenvalue weighted by atomic mass is 35.5. The maximum atomic E-state index is 12.8. The minimum absolute atomic E-state index is 0.0985. The van der Waals surface area contributed by atoms with Gasteiger partial charge in [0.25, 0.3) is 5.91 Å². The SMILES string of the molecule is O=C(NCc1ccc(CN2CCOCC2)cc1)c1cc(S(=O)(=O)N2CCCC2)ccc1Cl. The molecular formula is C23H28ClN3O4S. The summed E-state index contributed by atoms with van der Waals surface area (Å²) in [6.45, 7) is 5.64. The smallest absolute Gasteiger partial charge is 0.253 e. The van der Waals surface area contributed by atoms with Gasteiger partial charge in [0.2, 0.25) is 10.0 Å². The molecule has 172 valence electrons. The number of nitrogens with zero attached hydrogens (tertiary/aromatic N) is 2. The molecule has 2 aliphatic rings. The van der Waals surface area contributed by atoms with E-state index in [1.807, 2.05) is 12.1 Å². The third-order valence-corrected chi connectivity index (χ3v) is 8.10. The van der Waals surface area contributed by atoms with Gasteiger partial charge in [-0.3, -0.25) is 9.69 Å². The molecule has 2 aromatic rings. The average Bonchev–Trinajstić information content (AvgIpc) is 3.35. The van der Waals surface area contributed by atoms with Crippen molar-refractivity contribution in [3.8, 4) is 0 Å². The van der Waals surface area contributed by atoms with Crippen LogP contribution in [0.1, 0.15) is 34.3 Å². The molecule has 2 aromatic carbocycles. The highest BCUT2D eigenvalue weighted by molar-refractivity contribution is 7.89. The zero-order valence-corrected chi connectivity index (χ0v) is 19.5. The largest absolute Gasteiger partial charge is 0.379 e. The number of nitrogens with one attached hydrogen (secondary N) is 1. The zero-order chi connectivity index (χ0) is 22.6. The van der Waals surface area contributed by atoms with E-state index in [9.17, 15) is 13.2 Å². The molecule has 2 aliphatic heterocycles. The van der Waals surface area contributed by atoms with Crippen molar-refractivity contribution in [1.82, 2.24) is 14.5 Å². The minimum atomic E-state index is -3.61. The highest BCUT2D eigenvalue weighted by Crippen LogP contribution is 2.25. The van der Waals surface area contributed by atoms with Crippen LogP contribution in [0.3, 0.4) is 0 Å². The summed E-state index contributed by atoms with van der Waals surface area (Å²) in [5, 5.41) is 3.07. The van der Waals surface area contributed by atoms with Crippen molar-refractivity contribution in [2.24, 2.45) is 0 Å². The van der Waals surface area contributed by atoms with Crippen LogP contribution in [0.4, 0.5) is 0 Å². The van der Waals surface area contributed by atoms with Crippen LogP contribution in [0, 0.1) is 0 Å². The molecule has 4 rings (SSSR count). The molecule has 1 amide bonds. The van der Waals surface area contributed by atoms with E-state index < -0.39 is 15.9 Å². The molecule has 0 aliphatic carbocycles. The van der Waals surface area contributed by atoms with Crippen molar-refractivity contribution >= 4 is 27.5 Å². The third-order valence-electron chi connectivity index (χ3n) is 5.87. The Labute approximate surface area is 194 Å². The number of carbonyl (C=O) groups is 1. The molecule has 0 atom stereocenters. The number of benzene rings is 2. The van der Waals surface area contributed by atoms with Crippen molar-refractivity contribution in [1.29, 1.82) is 0 Å². The van der Waals surface area contributed by atoms with Gasteiger partial charge < -0.3 is 10.1 Å². The Bertz CT molecular complexity index is 1050. The van der Waals surface area contributed by atoms with Crippen molar-refractivity contribution in [3.63, 3.8) is 0 Å².